The summed E-state index contributed by atoms with van der Waals surface area (Å²) in [4.78, 5) is 0. The summed E-state index contributed by atoms with van der Waals surface area (Å²) in [5.74, 6) is -0.260. The Morgan fingerprint density at radius 2 is 2.07 bits per heavy atom. The van der Waals surface area contributed by atoms with Crippen molar-refractivity contribution in [3.05, 3.63) is 34.1 Å². The van der Waals surface area contributed by atoms with Crippen LogP contribution in [-0.2, 0) is 0 Å². The summed E-state index contributed by atoms with van der Waals surface area (Å²) >= 11 is 3.29. The molecule has 0 saturated heterocycles. The second kappa shape index (κ2) is 7.17. The van der Waals surface area contributed by atoms with Crippen LogP contribution in [0.15, 0.2) is 22.7 Å². The molecule has 15 heavy (non-hydrogen) atoms. The standard InChI is InChI=1S/C10H14BrFN2.ClH/c11-7-3-1-4-8(12)10(7)9(14)5-2-6-13;/h1,3-4,9H,2,5-6,13-14H2;1H/t9-;/m1./s1. The zero-order chi connectivity index (χ0) is 10.6. The van der Waals surface area contributed by atoms with E-state index in [0.717, 1.165) is 10.9 Å². The van der Waals surface area contributed by atoms with Crippen LogP contribution in [0.25, 0.3) is 0 Å². The average Bonchev–Trinajstić information content (AvgIpc) is 2.14. The topological polar surface area (TPSA) is 52.0 Å². The molecule has 1 aromatic carbocycles. The lowest BCUT2D eigenvalue weighted by Gasteiger charge is -2.14. The average molecular weight is 298 g/mol. The van der Waals surface area contributed by atoms with Crippen LogP contribution >= 0.6 is 28.3 Å². The lowest BCUT2D eigenvalue weighted by Crippen LogP contribution is -2.14. The van der Waals surface area contributed by atoms with Gasteiger partial charge in [-0.1, -0.05) is 22.0 Å². The summed E-state index contributed by atoms with van der Waals surface area (Å²) in [6, 6.07) is 4.58. The minimum Gasteiger partial charge on any atom is -0.330 e. The van der Waals surface area contributed by atoms with E-state index >= 15 is 0 Å². The molecule has 0 saturated carbocycles. The van der Waals surface area contributed by atoms with Gasteiger partial charge in [-0.2, -0.15) is 0 Å². The van der Waals surface area contributed by atoms with Gasteiger partial charge in [-0.15, -0.1) is 12.4 Å². The molecule has 0 aliphatic carbocycles. The fourth-order valence-electron chi connectivity index (χ4n) is 1.35. The molecule has 1 aromatic rings. The predicted molar refractivity (Wildman–Crippen MR) is 66.6 cm³/mol. The molecule has 0 spiro atoms. The van der Waals surface area contributed by atoms with Gasteiger partial charge in [-0.3, -0.25) is 0 Å². The van der Waals surface area contributed by atoms with Crippen molar-refractivity contribution in [3.63, 3.8) is 0 Å². The van der Waals surface area contributed by atoms with Crippen LogP contribution < -0.4 is 11.5 Å². The Morgan fingerprint density at radius 1 is 1.40 bits per heavy atom. The van der Waals surface area contributed by atoms with E-state index in [1.165, 1.54) is 6.07 Å². The monoisotopic (exact) mass is 296 g/mol. The molecule has 4 N–H and O–H groups in total. The van der Waals surface area contributed by atoms with E-state index in [1.807, 2.05) is 0 Å². The zero-order valence-electron chi connectivity index (χ0n) is 8.25. The molecular formula is C10H15BrClFN2. The van der Waals surface area contributed by atoms with E-state index in [2.05, 4.69) is 15.9 Å². The fraction of sp³-hybridized carbons (Fsp3) is 0.400. The second-order valence-electron chi connectivity index (χ2n) is 3.17. The van der Waals surface area contributed by atoms with Crippen LogP contribution in [0.5, 0.6) is 0 Å². The molecule has 86 valence electrons. The molecule has 0 heterocycles. The fourth-order valence-corrected chi connectivity index (χ4v) is 1.98. The Labute approximate surface area is 104 Å². The van der Waals surface area contributed by atoms with Crippen molar-refractivity contribution in [3.8, 4) is 0 Å². The Hall–Kier alpha value is -0.160. The van der Waals surface area contributed by atoms with Gasteiger partial charge in [0.15, 0.2) is 0 Å². The van der Waals surface area contributed by atoms with Gasteiger partial charge in [-0.05, 0) is 31.5 Å². The van der Waals surface area contributed by atoms with Gasteiger partial charge in [-0.25, -0.2) is 4.39 Å². The Morgan fingerprint density at radius 3 is 2.60 bits per heavy atom. The Bertz CT molecular complexity index is 289. The molecule has 2 nitrogen and oxygen atoms in total. The third-order valence-corrected chi connectivity index (χ3v) is 2.78. The molecule has 0 radical (unpaired) electrons. The van der Waals surface area contributed by atoms with Crippen LogP contribution in [0.3, 0.4) is 0 Å². The molecule has 0 unspecified atom stereocenters. The van der Waals surface area contributed by atoms with Crippen LogP contribution in [0.4, 0.5) is 4.39 Å². The maximum absolute atomic E-state index is 13.4. The van der Waals surface area contributed by atoms with Gasteiger partial charge in [0, 0.05) is 16.1 Å². The minimum absolute atomic E-state index is 0. The van der Waals surface area contributed by atoms with Crippen molar-refractivity contribution >= 4 is 28.3 Å². The van der Waals surface area contributed by atoms with E-state index in [4.69, 9.17) is 11.5 Å². The molecule has 0 fully saturated rings. The van der Waals surface area contributed by atoms with Crippen molar-refractivity contribution < 1.29 is 4.39 Å². The van der Waals surface area contributed by atoms with Crippen molar-refractivity contribution in [2.24, 2.45) is 11.5 Å². The molecule has 0 aromatic heterocycles. The minimum atomic E-state index is -0.283. The van der Waals surface area contributed by atoms with Crippen LogP contribution in [0.2, 0.25) is 0 Å². The van der Waals surface area contributed by atoms with Crippen molar-refractivity contribution in [1.29, 1.82) is 0 Å². The highest BCUT2D eigenvalue weighted by atomic mass is 79.9. The maximum atomic E-state index is 13.4. The number of hydrogen-bond acceptors (Lipinski definition) is 2. The zero-order valence-corrected chi connectivity index (χ0v) is 10.7. The predicted octanol–water partition coefficient (Wildman–Crippen LogP) is 2.75. The SMILES string of the molecule is Cl.NCCC[C@@H](N)c1c(F)cccc1Br. The number of halogens is 3. The summed E-state index contributed by atoms with van der Waals surface area (Å²) in [5, 5.41) is 0. The molecular weight excluding hydrogens is 282 g/mol. The summed E-state index contributed by atoms with van der Waals surface area (Å²) < 4.78 is 14.1. The quantitative estimate of drug-likeness (QED) is 0.898. The van der Waals surface area contributed by atoms with E-state index in [-0.39, 0.29) is 24.3 Å². The highest BCUT2D eigenvalue weighted by Crippen LogP contribution is 2.27. The molecule has 5 heteroatoms. The largest absolute Gasteiger partial charge is 0.330 e. The highest BCUT2D eigenvalue weighted by molar-refractivity contribution is 9.10. The normalized spacial score (nSPS) is 12.0. The van der Waals surface area contributed by atoms with Crippen LogP contribution in [-0.4, -0.2) is 6.54 Å². The molecule has 1 rings (SSSR count). The van der Waals surface area contributed by atoms with Crippen LogP contribution in [0.1, 0.15) is 24.4 Å². The van der Waals surface area contributed by atoms with Gasteiger partial charge >= 0.3 is 0 Å². The first kappa shape index (κ1) is 14.8. The smallest absolute Gasteiger partial charge is 0.129 e. The van der Waals surface area contributed by atoms with E-state index in [9.17, 15) is 4.39 Å². The van der Waals surface area contributed by atoms with Crippen molar-refractivity contribution in [1.82, 2.24) is 0 Å². The van der Waals surface area contributed by atoms with Gasteiger partial charge in [0.2, 0.25) is 0 Å². The van der Waals surface area contributed by atoms with E-state index in [0.29, 0.717) is 18.5 Å². The summed E-state index contributed by atoms with van der Waals surface area (Å²) in [6.45, 7) is 0.583. The second-order valence-corrected chi connectivity index (χ2v) is 4.03. The lowest BCUT2D eigenvalue weighted by molar-refractivity contribution is 0.551. The number of hydrogen-bond donors (Lipinski definition) is 2. The van der Waals surface area contributed by atoms with E-state index < -0.39 is 0 Å². The van der Waals surface area contributed by atoms with E-state index in [1.54, 1.807) is 12.1 Å². The maximum Gasteiger partial charge on any atom is 0.129 e. The summed E-state index contributed by atoms with van der Waals surface area (Å²) in [5.41, 5.74) is 11.8. The van der Waals surface area contributed by atoms with Crippen molar-refractivity contribution in [2.75, 3.05) is 6.54 Å². The third kappa shape index (κ3) is 4.07. The van der Waals surface area contributed by atoms with Crippen molar-refractivity contribution in [2.45, 2.75) is 18.9 Å². The molecule has 0 aliphatic heterocycles. The van der Waals surface area contributed by atoms with Gasteiger partial charge in [0.1, 0.15) is 5.82 Å². The molecule has 0 amide bonds. The lowest BCUT2D eigenvalue weighted by atomic mass is 10.0. The third-order valence-electron chi connectivity index (χ3n) is 2.09. The molecule has 0 aliphatic rings. The molecule has 1 atom stereocenters. The number of nitrogens with two attached hydrogens (primary N) is 2. The first-order valence-electron chi connectivity index (χ1n) is 4.56. The summed E-state index contributed by atoms with van der Waals surface area (Å²) in [6.07, 6.45) is 1.51. The first-order valence-corrected chi connectivity index (χ1v) is 5.35. The number of benzene rings is 1. The Balaban J connectivity index is 0.00000196. The first-order chi connectivity index (χ1) is 6.66. The van der Waals surface area contributed by atoms with Gasteiger partial charge < -0.3 is 11.5 Å². The number of rotatable bonds is 4. The Kier molecular flexibility index (Phi) is 7.09. The van der Waals surface area contributed by atoms with Gasteiger partial charge in [0.05, 0.1) is 0 Å². The molecule has 0 bridgehead atoms. The van der Waals surface area contributed by atoms with Crippen LogP contribution in [0, 0.1) is 5.82 Å². The van der Waals surface area contributed by atoms with Gasteiger partial charge in [0.25, 0.3) is 0 Å². The highest BCUT2D eigenvalue weighted by Gasteiger charge is 2.13. The summed E-state index contributed by atoms with van der Waals surface area (Å²) in [7, 11) is 0.